The zero-order chi connectivity index (χ0) is 15.2. The molecule has 1 heterocycles. The third-order valence-corrected chi connectivity index (χ3v) is 4.00. The SMILES string of the molecule is O=C1NCCOc2ccc(C(Br)CCOCC(F)F)cc21. The number of carbonyl (C=O) groups is 1. The number of carbonyl (C=O) groups excluding carboxylic acids is 1. The quantitative estimate of drug-likeness (QED) is 0.624. The minimum absolute atomic E-state index is 0.0727. The molecular formula is C14H16BrF2NO3. The van der Waals surface area contributed by atoms with Crippen molar-refractivity contribution in [2.45, 2.75) is 17.7 Å². The predicted octanol–water partition coefficient (Wildman–Crippen LogP) is 2.92. The molecule has 0 bridgehead atoms. The van der Waals surface area contributed by atoms with Gasteiger partial charge >= 0.3 is 0 Å². The maximum atomic E-state index is 12.0. The first kappa shape index (κ1) is 16.2. The smallest absolute Gasteiger partial charge is 0.261 e. The van der Waals surface area contributed by atoms with Crippen molar-refractivity contribution in [1.29, 1.82) is 0 Å². The molecule has 1 aromatic carbocycles. The van der Waals surface area contributed by atoms with E-state index in [1.807, 2.05) is 6.07 Å². The largest absolute Gasteiger partial charge is 0.491 e. The number of hydrogen-bond donors (Lipinski definition) is 1. The monoisotopic (exact) mass is 363 g/mol. The Labute approximate surface area is 129 Å². The molecule has 0 radical (unpaired) electrons. The highest BCUT2D eigenvalue weighted by molar-refractivity contribution is 9.09. The van der Waals surface area contributed by atoms with Crippen molar-refractivity contribution in [3.8, 4) is 5.75 Å². The van der Waals surface area contributed by atoms with Gasteiger partial charge in [-0.05, 0) is 24.1 Å². The lowest BCUT2D eigenvalue weighted by Crippen LogP contribution is -2.24. The second-order valence-corrected chi connectivity index (χ2v) is 5.69. The van der Waals surface area contributed by atoms with Gasteiger partial charge in [-0.3, -0.25) is 4.79 Å². The molecule has 1 aliphatic heterocycles. The lowest BCUT2D eigenvalue weighted by molar-refractivity contribution is 0.0167. The van der Waals surface area contributed by atoms with Gasteiger partial charge in [-0.25, -0.2) is 8.78 Å². The van der Waals surface area contributed by atoms with E-state index in [4.69, 9.17) is 9.47 Å². The Bertz CT molecular complexity index is 499. The fourth-order valence-electron chi connectivity index (χ4n) is 1.99. The van der Waals surface area contributed by atoms with E-state index in [-0.39, 0.29) is 17.3 Å². The molecule has 0 fully saturated rings. The number of nitrogens with one attached hydrogen (secondary N) is 1. The number of hydrogen-bond acceptors (Lipinski definition) is 3. The number of amides is 1. The van der Waals surface area contributed by atoms with Crippen molar-refractivity contribution in [3.63, 3.8) is 0 Å². The van der Waals surface area contributed by atoms with E-state index < -0.39 is 13.0 Å². The van der Waals surface area contributed by atoms with Crippen molar-refractivity contribution in [2.75, 3.05) is 26.4 Å². The zero-order valence-corrected chi connectivity index (χ0v) is 12.9. The van der Waals surface area contributed by atoms with Crippen LogP contribution in [0.4, 0.5) is 8.78 Å². The Hall–Kier alpha value is -1.21. The highest BCUT2D eigenvalue weighted by atomic mass is 79.9. The average molecular weight is 364 g/mol. The maximum absolute atomic E-state index is 12.0. The van der Waals surface area contributed by atoms with Crippen LogP contribution in [0.3, 0.4) is 0 Å². The molecular weight excluding hydrogens is 348 g/mol. The Morgan fingerprint density at radius 1 is 1.43 bits per heavy atom. The van der Waals surface area contributed by atoms with Gasteiger partial charge in [0, 0.05) is 11.4 Å². The summed E-state index contributed by atoms with van der Waals surface area (Å²) in [6, 6.07) is 5.36. The Morgan fingerprint density at radius 2 is 2.24 bits per heavy atom. The number of halogens is 3. The van der Waals surface area contributed by atoms with Crippen molar-refractivity contribution in [3.05, 3.63) is 29.3 Å². The molecule has 7 heteroatoms. The van der Waals surface area contributed by atoms with Crippen LogP contribution in [0.5, 0.6) is 5.75 Å². The summed E-state index contributed by atoms with van der Waals surface area (Å²) in [4.78, 5) is 11.8. The molecule has 0 saturated carbocycles. The van der Waals surface area contributed by atoms with Crippen LogP contribution in [-0.2, 0) is 4.74 Å². The Morgan fingerprint density at radius 3 is 3.00 bits per heavy atom. The van der Waals surface area contributed by atoms with Crippen molar-refractivity contribution >= 4 is 21.8 Å². The molecule has 116 valence electrons. The van der Waals surface area contributed by atoms with Gasteiger partial charge in [-0.1, -0.05) is 22.0 Å². The standard InChI is InChI=1S/C14H16BrF2NO3/c15-11(3-5-20-8-13(16)17)9-1-2-12-10(7-9)14(19)18-4-6-21-12/h1-2,7,11,13H,3-6,8H2,(H,18,19). The Kier molecular flexibility index (Phi) is 5.93. The van der Waals surface area contributed by atoms with Gasteiger partial charge in [0.2, 0.25) is 0 Å². The van der Waals surface area contributed by atoms with E-state index in [0.717, 1.165) is 5.56 Å². The minimum Gasteiger partial charge on any atom is -0.491 e. The molecule has 0 saturated heterocycles. The highest BCUT2D eigenvalue weighted by Gasteiger charge is 2.18. The Balaban J connectivity index is 1.98. The fourth-order valence-corrected chi connectivity index (χ4v) is 2.46. The molecule has 1 aromatic rings. The van der Waals surface area contributed by atoms with E-state index in [0.29, 0.717) is 30.9 Å². The first-order chi connectivity index (χ1) is 10.1. The van der Waals surface area contributed by atoms with Gasteiger partial charge in [0.1, 0.15) is 19.0 Å². The number of rotatable bonds is 6. The van der Waals surface area contributed by atoms with Crippen LogP contribution in [0.15, 0.2) is 18.2 Å². The molecule has 0 spiro atoms. The molecule has 1 amide bonds. The third kappa shape index (κ3) is 4.64. The lowest BCUT2D eigenvalue weighted by Gasteiger charge is -2.13. The van der Waals surface area contributed by atoms with Gasteiger partial charge in [-0.2, -0.15) is 0 Å². The zero-order valence-electron chi connectivity index (χ0n) is 11.3. The van der Waals surface area contributed by atoms with E-state index in [9.17, 15) is 13.6 Å². The van der Waals surface area contributed by atoms with Crippen LogP contribution < -0.4 is 10.1 Å². The van der Waals surface area contributed by atoms with Crippen LogP contribution in [0.1, 0.15) is 27.2 Å². The molecule has 0 aliphatic carbocycles. The highest BCUT2D eigenvalue weighted by Crippen LogP contribution is 2.31. The topological polar surface area (TPSA) is 47.6 Å². The molecule has 1 N–H and O–H groups in total. The van der Waals surface area contributed by atoms with E-state index in [1.165, 1.54) is 0 Å². The second kappa shape index (κ2) is 7.70. The van der Waals surface area contributed by atoms with E-state index >= 15 is 0 Å². The van der Waals surface area contributed by atoms with Gasteiger partial charge in [-0.15, -0.1) is 0 Å². The van der Waals surface area contributed by atoms with E-state index in [2.05, 4.69) is 21.2 Å². The summed E-state index contributed by atoms with van der Waals surface area (Å²) in [6.45, 7) is 0.583. The van der Waals surface area contributed by atoms with Crippen LogP contribution in [-0.4, -0.2) is 38.7 Å². The summed E-state index contributed by atoms with van der Waals surface area (Å²) in [5.41, 5.74) is 1.37. The molecule has 1 unspecified atom stereocenters. The maximum Gasteiger partial charge on any atom is 0.261 e. The van der Waals surface area contributed by atoms with Crippen molar-refractivity contribution in [1.82, 2.24) is 5.32 Å². The molecule has 21 heavy (non-hydrogen) atoms. The predicted molar refractivity (Wildman–Crippen MR) is 77.4 cm³/mol. The summed E-state index contributed by atoms with van der Waals surface area (Å²) in [5.74, 6) is 0.389. The summed E-state index contributed by atoms with van der Waals surface area (Å²) in [7, 11) is 0. The van der Waals surface area contributed by atoms with Gasteiger partial charge in [0.15, 0.2) is 0 Å². The summed E-state index contributed by atoms with van der Waals surface area (Å²) >= 11 is 3.48. The third-order valence-electron chi connectivity index (χ3n) is 3.01. The average Bonchev–Trinajstić information content (AvgIpc) is 2.65. The van der Waals surface area contributed by atoms with Crippen LogP contribution in [0.25, 0.3) is 0 Å². The summed E-state index contributed by atoms with van der Waals surface area (Å²) in [6.07, 6.45) is -1.92. The molecule has 1 aliphatic rings. The first-order valence-corrected chi connectivity index (χ1v) is 7.54. The minimum atomic E-state index is -2.45. The first-order valence-electron chi connectivity index (χ1n) is 6.63. The second-order valence-electron chi connectivity index (χ2n) is 4.58. The van der Waals surface area contributed by atoms with Crippen molar-refractivity contribution in [2.24, 2.45) is 0 Å². The normalized spacial score (nSPS) is 15.9. The molecule has 1 atom stereocenters. The van der Waals surface area contributed by atoms with Crippen molar-refractivity contribution < 1.29 is 23.0 Å². The molecule has 2 rings (SSSR count). The number of benzene rings is 1. The van der Waals surface area contributed by atoms with E-state index in [1.54, 1.807) is 12.1 Å². The van der Waals surface area contributed by atoms with Crippen LogP contribution in [0.2, 0.25) is 0 Å². The van der Waals surface area contributed by atoms with Gasteiger partial charge in [0.05, 0.1) is 12.1 Å². The molecule has 0 aromatic heterocycles. The van der Waals surface area contributed by atoms with Gasteiger partial charge in [0.25, 0.3) is 12.3 Å². The molecule has 4 nitrogen and oxygen atoms in total. The van der Waals surface area contributed by atoms with Gasteiger partial charge < -0.3 is 14.8 Å². The van der Waals surface area contributed by atoms with Crippen LogP contribution >= 0.6 is 15.9 Å². The summed E-state index contributed by atoms with van der Waals surface area (Å²) < 4.78 is 34.2. The fraction of sp³-hybridized carbons (Fsp3) is 0.500. The number of fused-ring (bicyclic) bond motifs is 1. The number of alkyl halides is 3. The summed E-state index contributed by atoms with van der Waals surface area (Å²) in [5, 5.41) is 2.74. The lowest BCUT2D eigenvalue weighted by atomic mass is 10.0. The van der Waals surface area contributed by atoms with Crippen LogP contribution in [0, 0.1) is 0 Å². The number of ether oxygens (including phenoxy) is 2.